The van der Waals surface area contributed by atoms with Crippen LogP contribution in [0, 0.1) is 11.6 Å². The van der Waals surface area contributed by atoms with Crippen LogP contribution in [0.5, 0.6) is 0 Å². The van der Waals surface area contributed by atoms with Gasteiger partial charge in [-0.15, -0.1) is 5.10 Å². The van der Waals surface area contributed by atoms with Crippen LogP contribution in [0.15, 0.2) is 65.8 Å². The number of ether oxygens (including phenoxy) is 1. The number of hydrogen-bond donors (Lipinski definition) is 1. The molecule has 0 fully saturated rings. The van der Waals surface area contributed by atoms with Gasteiger partial charge >= 0.3 is 0 Å². The number of carbonyl (C=O) groups is 1. The number of benzene rings is 2. The van der Waals surface area contributed by atoms with Crippen LogP contribution in [0.1, 0.15) is 30.9 Å². The topological polar surface area (TPSA) is 62.1 Å². The number of carbonyl (C=O) groups excluding carboxylic acids is 1. The minimum Gasteiger partial charge on any atom is -0.443 e. The normalized spacial score (nSPS) is 18.6. The molecule has 2 aromatic carbocycles. The van der Waals surface area contributed by atoms with Crippen LogP contribution in [0.4, 0.5) is 8.78 Å². The van der Waals surface area contributed by atoms with Crippen molar-refractivity contribution in [1.82, 2.24) is 5.01 Å². The van der Waals surface area contributed by atoms with E-state index in [1.165, 1.54) is 6.92 Å². The van der Waals surface area contributed by atoms with Crippen molar-refractivity contribution in [3.63, 3.8) is 0 Å². The molecule has 1 atom stereocenters. The van der Waals surface area contributed by atoms with Gasteiger partial charge in [-0.1, -0.05) is 36.9 Å². The highest BCUT2D eigenvalue weighted by Crippen LogP contribution is 2.41. The van der Waals surface area contributed by atoms with Crippen molar-refractivity contribution in [2.75, 3.05) is 6.61 Å². The summed E-state index contributed by atoms with van der Waals surface area (Å²) in [7, 11) is 0. The molecule has 0 aromatic heterocycles. The Morgan fingerprint density at radius 1 is 1.25 bits per heavy atom. The number of amides is 1. The van der Waals surface area contributed by atoms with Gasteiger partial charge in [-0.2, -0.15) is 5.01 Å². The molecule has 0 bridgehead atoms. The summed E-state index contributed by atoms with van der Waals surface area (Å²) in [6.07, 6.45) is 0.486. The van der Waals surface area contributed by atoms with Gasteiger partial charge in [-0.3, -0.25) is 4.79 Å². The first-order valence-corrected chi connectivity index (χ1v) is 8.78. The Kier molecular flexibility index (Phi) is 5.56. The first-order valence-electron chi connectivity index (χ1n) is 8.78. The van der Waals surface area contributed by atoms with E-state index in [4.69, 9.17) is 4.74 Å². The molecular weight excluding hydrogens is 366 g/mol. The van der Waals surface area contributed by atoms with E-state index < -0.39 is 23.3 Å². The molecule has 3 rings (SSSR count). The van der Waals surface area contributed by atoms with Gasteiger partial charge in [-0.25, -0.2) is 8.78 Å². The van der Waals surface area contributed by atoms with Crippen molar-refractivity contribution in [2.24, 2.45) is 5.10 Å². The molecule has 1 amide bonds. The summed E-state index contributed by atoms with van der Waals surface area (Å²) in [4.78, 5) is 12.8. The molecular formula is C21H20F2N2O3. The molecule has 2 aromatic rings. The minimum atomic E-state index is -1.41. The zero-order chi connectivity index (χ0) is 20.3. The number of halogens is 2. The Hall–Kier alpha value is -3.06. The van der Waals surface area contributed by atoms with E-state index in [1.807, 2.05) is 0 Å². The number of aliphatic hydroxyl groups is 1. The standard InChI is InChI=1S/C21H20F2N2O3/c1-14(2)20(27)25-21(11-6-12-26,15-7-4-3-5-8-15)28-19(24-25)17-13-16(22)9-10-18(17)23/h3-5,7-10,13,26H,1,6,11-12H2,2H3. The molecule has 0 saturated heterocycles. The number of rotatable bonds is 6. The Labute approximate surface area is 161 Å². The summed E-state index contributed by atoms with van der Waals surface area (Å²) in [6, 6.07) is 11.8. The van der Waals surface area contributed by atoms with Gasteiger partial charge in [0.1, 0.15) is 11.6 Å². The van der Waals surface area contributed by atoms with Crippen LogP contribution < -0.4 is 0 Å². The van der Waals surface area contributed by atoms with Crippen molar-refractivity contribution in [3.8, 4) is 0 Å². The lowest BCUT2D eigenvalue weighted by Crippen LogP contribution is -2.45. The number of aliphatic hydroxyl groups excluding tert-OH is 1. The zero-order valence-electron chi connectivity index (χ0n) is 15.4. The third kappa shape index (κ3) is 3.53. The van der Waals surface area contributed by atoms with Gasteiger partial charge in [0.05, 0.1) is 5.56 Å². The summed E-state index contributed by atoms with van der Waals surface area (Å²) < 4.78 is 34.1. The first kappa shape index (κ1) is 19.7. The van der Waals surface area contributed by atoms with Gasteiger partial charge in [0.2, 0.25) is 11.6 Å². The number of hydrazone groups is 1. The quantitative estimate of drug-likeness (QED) is 0.771. The molecule has 1 aliphatic heterocycles. The highest BCUT2D eigenvalue weighted by Gasteiger charge is 2.49. The van der Waals surface area contributed by atoms with E-state index in [0.717, 1.165) is 23.2 Å². The zero-order valence-corrected chi connectivity index (χ0v) is 15.4. The van der Waals surface area contributed by atoms with Gasteiger partial charge in [0, 0.05) is 24.2 Å². The molecule has 1 heterocycles. The average molecular weight is 386 g/mol. The van der Waals surface area contributed by atoms with Gasteiger partial charge < -0.3 is 9.84 Å². The van der Waals surface area contributed by atoms with Crippen molar-refractivity contribution in [2.45, 2.75) is 25.5 Å². The van der Waals surface area contributed by atoms with Crippen LogP contribution in [0.2, 0.25) is 0 Å². The predicted molar refractivity (Wildman–Crippen MR) is 100 cm³/mol. The van der Waals surface area contributed by atoms with Crippen molar-refractivity contribution >= 4 is 11.8 Å². The SMILES string of the molecule is C=C(C)C(=O)N1N=C(c2cc(F)ccc2F)OC1(CCCO)c1ccccc1. The fourth-order valence-corrected chi connectivity index (χ4v) is 3.06. The van der Waals surface area contributed by atoms with Crippen LogP contribution >= 0.6 is 0 Å². The molecule has 1 aliphatic rings. The van der Waals surface area contributed by atoms with Gasteiger partial charge in [0.15, 0.2) is 0 Å². The average Bonchev–Trinajstić information content (AvgIpc) is 3.08. The maximum atomic E-state index is 14.3. The summed E-state index contributed by atoms with van der Waals surface area (Å²) in [6.45, 7) is 5.06. The van der Waals surface area contributed by atoms with Crippen LogP contribution in [-0.4, -0.2) is 28.5 Å². The highest BCUT2D eigenvalue weighted by atomic mass is 19.1. The molecule has 1 N–H and O–H groups in total. The second kappa shape index (κ2) is 7.90. The lowest BCUT2D eigenvalue weighted by molar-refractivity contribution is -0.148. The Morgan fingerprint density at radius 2 is 1.96 bits per heavy atom. The molecule has 1 unspecified atom stereocenters. The third-order valence-corrected chi connectivity index (χ3v) is 4.41. The molecule has 7 heteroatoms. The van der Waals surface area contributed by atoms with Crippen LogP contribution in [-0.2, 0) is 15.3 Å². The van der Waals surface area contributed by atoms with Gasteiger partial charge in [0.25, 0.3) is 5.91 Å². The summed E-state index contributed by atoms with van der Waals surface area (Å²) in [5.74, 6) is -2.12. The second-order valence-corrected chi connectivity index (χ2v) is 6.51. The summed E-state index contributed by atoms with van der Waals surface area (Å²) in [5, 5.41) is 14.7. The molecule has 0 radical (unpaired) electrons. The summed E-state index contributed by atoms with van der Waals surface area (Å²) >= 11 is 0. The third-order valence-electron chi connectivity index (χ3n) is 4.41. The van der Waals surface area contributed by atoms with E-state index in [9.17, 15) is 18.7 Å². The predicted octanol–water partition coefficient (Wildman–Crippen LogP) is 3.69. The fourth-order valence-electron chi connectivity index (χ4n) is 3.06. The smallest absolute Gasteiger partial charge is 0.272 e. The maximum absolute atomic E-state index is 14.3. The van der Waals surface area contributed by atoms with E-state index in [1.54, 1.807) is 30.3 Å². The molecule has 146 valence electrons. The Bertz CT molecular complexity index is 931. The second-order valence-electron chi connectivity index (χ2n) is 6.51. The van der Waals surface area contributed by atoms with Crippen molar-refractivity contribution in [1.29, 1.82) is 0 Å². The maximum Gasteiger partial charge on any atom is 0.272 e. The monoisotopic (exact) mass is 386 g/mol. The Morgan fingerprint density at radius 3 is 2.61 bits per heavy atom. The summed E-state index contributed by atoms with van der Waals surface area (Å²) in [5.41, 5.74) is -0.804. The van der Waals surface area contributed by atoms with E-state index in [0.29, 0.717) is 12.0 Å². The minimum absolute atomic E-state index is 0.142. The molecule has 5 nitrogen and oxygen atoms in total. The molecule has 28 heavy (non-hydrogen) atoms. The highest BCUT2D eigenvalue weighted by molar-refractivity contribution is 6.00. The molecule has 0 saturated carbocycles. The first-order chi connectivity index (χ1) is 13.4. The van der Waals surface area contributed by atoms with Crippen molar-refractivity contribution in [3.05, 3.63) is 83.4 Å². The van der Waals surface area contributed by atoms with E-state index in [-0.39, 0.29) is 30.1 Å². The molecule has 0 aliphatic carbocycles. The van der Waals surface area contributed by atoms with Crippen LogP contribution in [0.25, 0.3) is 0 Å². The number of hydrogen-bond acceptors (Lipinski definition) is 4. The fraction of sp³-hybridized carbons (Fsp3) is 0.238. The largest absolute Gasteiger partial charge is 0.443 e. The van der Waals surface area contributed by atoms with E-state index in [2.05, 4.69) is 11.7 Å². The lowest BCUT2D eigenvalue weighted by Gasteiger charge is -2.35. The van der Waals surface area contributed by atoms with E-state index >= 15 is 0 Å². The van der Waals surface area contributed by atoms with Crippen LogP contribution in [0.3, 0.4) is 0 Å². The number of nitrogens with zero attached hydrogens (tertiary/aromatic N) is 2. The van der Waals surface area contributed by atoms with Gasteiger partial charge in [-0.05, 0) is 31.5 Å². The van der Waals surface area contributed by atoms with Crippen molar-refractivity contribution < 1.29 is 23.4 Å². The Balaban J connectivity index is 2.16. The molecule has 0 spiro atoms. The lowest BCUT2D eigenvalue weighted by atomic mass is 9.96.